The molecule has 3 rings (SSSR count). The minimum absolute atomic E-state index is 0.211. The molecule has 0 aliphatic carbocycles. The van der Waals surface area contributed by atoms with Gasteiger partial charge in [-0.1, -0.05) is 46.3 Å². The van der Waals surface area contributed by atoms with Crippen LogP contribution in [-0.4, -0.2) is 31.7 Å². The van der Waals surface area contributed by atoms with Gasteiger partial charge < -0.3 is 14.8 Å². The molecular weight excluding hydrogens is 462 g/mol. The van der Waals surface area contributed by atoms with Crippen LogP contribution in [-0.2, 0) is 4.79 Å². The molecule has 158 valence electrons. The molecule has 0 aliphatic heterocycles. The summed E-state index contributed by atoms with van der Waals surface area (Å²) < 4.78 is 11.7. The Bertz CT molecular complexity index is 1090. The first-order valence-electron chi connectivity index (χ1n) is 9.30. The normalized spacial score (nSPS) is 10.5. The van der Waals surface area contributed by atoms with Crippen molar-refractivity contribution in [2.75, 3.05) is 19.0 Å². The van der Waals surface area contributed by atoms with Crippen molar-refractivity contribution >= 4 is 39.6 Å². The van der Waals surface area contributed by atoms with Crippen LogP contribution in [0.1, 0.15) is 15.9 Å². The Morgan fingerprint density at radius 2 is 1.74 bits per heavy atom. The summed E-state index contributed by atoms with van der Waals surface area (Å²) >= 11 is 3.40. The summed E-state index contributed by atoms with van der Waals surface area (Å²) in [6.07, 6.45) is 1.46. The zero-order chi connectivity index (χ0) is 22.1. The second-order valence-electron chi connectivity index (χ2n) is 6.28. The third-order valence-corrected chi connectivity index (χ3v) is 4.61. The molecule has 0 atom stereocenters. The van der Waals surface area contributed by atoms with Crippen molar-refractivity contribution < 1.29 is 19.1 Å². The molecule has 7 nitrogen and oxygen atoms in total. The van der Waals surface area contributed by atoms with Crippen LogP contribution >= 0.6 is 15.9 Å². The molecule has 0 heterocycles. The molecule has 8 heteroatoms. The van der Waals surface area contributed by atoms with Gasteiger partial charge in [-0.05, 0) is 42.5 Å². The van der Waals surface area contributed by atoms with Gasteiger partial charge in [0.25, 0.3) is 11.8 Å². The Morgan fingerprint density at radius 3 is 2.52 bits per heavy atom. The first kappa shape index (κ1) is 22.0. The maximum atomic E-state index is 12.3. The fraction of sp³-hybridized carbons (Fsp3) is 0.0870. The van der Waals surface area contributed by atoms with Gasteiger partial charge in [0.15, 0.2) is 6.61 Å². The minimum Gasteiger partial charge on any atom is -0.495 e. The number of benzene rings is 3. The molecule has 0 unspecified atom stereocenters. The highest BCUT2D eigenvalue weighted by Gasteiger charge is 2.10. The van der Waals surface area contributed by atoms with Crippen LogP contribution in [0.15, 0.2) is 82.4 Å². The van der Waals surface area contributed by atoms with E-state index in [9.17, 15) is 9.59 Å². The molecule has 0 saturated heterocycles. The number of hydrogen-bond acceptors (Lipinski definition) is 5. The van der Waals surface area contributed by atoms with E-state index >= 15 is 0 Å². The van der Waals surface area contributed by atoms with Gasteiger partial charge in [0.1, 0.15) is 11.5 Å². The van der Waals surface area contributed by atoms with Crippen LogP contribution in [0.25, 0.3) is 0 Å². The van der Waals surface area contributed by atoms with E-state index < -0.39 is 0 Å². The Balaban J connectivity index is 1.63. The summed E-state index contributed by atoms with van der Waals surface area (Å²) in [4.78, 5) is 24.4. The van der Waals surface area contributed by atoms with Crippen LogP contribution < -0.4 is 20.2 Å². The van der Waals surface area contributed by atoms with Gasteiger partial charge in [-0.25, -0.2) is 5.43 Å². The number of rotatable bonds is 8. The summed E-state index contributed by atoms with van der Waals surface area (Å²) in [5.41, 5.74) is 4.12. The lowest BCUT2D eigenvalue weighted by Gasteiger charge is -2.12. The number of hydrogen-bond donors (Lipinski definition) is 2. The van der Waals surface area contributed by atoms with Gasteiger partial charge in [0.05, 0.1) is 19.0 Å². The van der Waals surface area contributed by atoms with Crippen LogP contribution in [0.2, 0.25) is 0 Å². The number of amides is 2. The highest BCUT2D eigenvalue weighted by Crippen LogP contribution is 2.24. The number of nitrogens with one attached hydrogen (secondary N) is 2. The predicted molar refractivity (Wildman–Crippen MR) is 123 cm³/mol. The van der Waals surface area contributed by atoms with E-state index in [1.807, 2.05) is 12.1 Å². The lowest BCUT2D eigenvalue weighted by atomic mass is 10.2. The van der Waals surface area contributed by atoms with Crippen molar-refractivity contribution in [3.63, 3.8) is 0 Å². The molecule has 0 aliphatic rings. The second kappa shape index (κ2) is 10.9. The van der Waals surface area contributed by atoms with E-state index in [1.165, 1.54) is 13.3 Å². The molecule has 0 bridgehead atoms. The molecular formula is C23H20BrN3O4. The summed E-state index contributed by atoms with van der Waals surface area (Å²) in [6, 6.07) is 21.1. The molecule has 2 N–H and O–H groups in total. The van der Waals surface area contributed by atoms with Crippen LogP contribution in [0, 0.1) is 0 Å². The number of nitrogens with zero attached hydrogens (tertiary/aromatic N) is 1. The molecule has 3 aromatic carbocycles. The third-order valence-electron chi connectivity index (χ3n) is 4.12. The average molecular weight is 482 g/mol. The standard InChI is InChI=1S/C23H20BrN3O4/c1-30-21-10-6-5-9-19(21)26-22(28)15-31-20-12-11-18(24)13-17(20)14-25-27-23(29)16-7-3-2-4-8-16/h2-14H,15H2,1H3,(H,26,28)(H,27,29)/b25-14+. The molecule has 0 spiro atoms. The monoisotopic (exact) mass is 481 g/mol. The summed E-state index contributed by atoms with van der Waals surface area (Å²) in [7, 11) is 1.53. The minimum atomic E-state index is -0.340. The number of halogens is 1. The van der Waals surface area contributed by atoms with Gasteiger partial charge in [-0.3, -0.25) is 9.59 Å². The maximum absolute atomic E-state index is 12.3. The molecule has 31 heavy (non-hydrogen) atoms. The first-order chi connectivity index (χ1) is 15.1. The van der Waals surface area contributed by atoms with Crippen molar-refractivity contribution in [3.8, 4) is 11.5 Å². The highest BCUT2D eigenvalue weighted by molar-refractivity contribution is 9.10. The number of carbonyl (C=O) groups excluding carboxylic acids is 2. The second-order valence-corrected chi connectivity index (χ2v) is 7.20. The number of methoxy groups -OCH3 is 1. The van der Waals surface area contributed by atoms with E-state index in [2.05, 4.69) is 31.8 Å². The fourth-order valence-corrected chi connectivity index (χ4v) is 3.02. The molecule has 0 aromatic heterocycles. The van der Waals surface area contributed by atoms with Crippen molar-refractivity contribution in [1.82, 2.24) is 5.43 Å². The van der Waals surface area contributed by atoms with E-state index in [1.54, 1.807) is 60.7 Å². The third kappa shape index (κ3) is 6.42. The predicted octanol–water partition coefficient (Wildman–Crippen LogP) is 4.24. The zero-order valence-corrected chi connectivity index (χ0v) is 18.3. The smallest absolute Gasteiger partial charge is 0.271 e. The largest absolute Gasteiger partial charge is 0.495 e. The summed E-state index contributed by atoms with van der Waals surface area (Å²) in [6.45, 7) is -0.211. The lowest BCUT2D eigenvalue weighted by Crippen LogP contribution is -2.21. The van der Waals surface area contributed by atoms with Gasteiger partial charge in [-0.15, -0.1) is 0 Å². The van der Waals surface area contributed by atoms with Crippen LogP contribution in [0.5, 0.6) is 11.5 Å². The van der Waals surface area contributed by atoms with E-state index in [4.69, 9.17) is 9.47 Å². The van der Waals surface area contributed by atoms with Crippen molar-refractivity contribution in [2.24, 2.45) is 5.10 Å². The number of anilines is 1. The summed E-state index contributed by atoms with van der Waals surface area (Å²) in [5.74, 6) is 0.329. The molecule has 2 amide bonds. The Kier molecular flexibility index (Phi) is 7.78. The fourth-order valence-electron chi connectivity index (χ4n) is 2.64. The van der Waals surface area contributed by atoms with Crippen molar-refractivity contribution in [3.05, 3.63) is 88.4 Å². The lowest BCUT2D eigenvalue weighted by molar-refractivity contribution is -0.118. The van der Waals surface area contributed by atoms with Crippen LogP contribution in [0.3, 0.4) is 0 Å². The molecule has 0 fully saturated rings. The van der Waals surface area contributed by atoms with Gasteiger partial charge in [0, 0.05) is 15.6 Å². The average Bonchev–Trinajstić information content (AvgIpc) is 2.79. The summed E-state index contributed by atoms with van der Waals surface area (Å²) in [5, 5.41) is 6.74. The highest BCUT2D eigenvalue weighted by atomic mass is 79.9. The Labute approximate surface area is 188 Å². The topological polar surface area (TPSA) is 89.0 Å². The van der Waals surface area contributed by atoms with Gasteiger partial charge in [0.2, 0.25) is 0 Å². The van der Waals surface area contributed by atoms with Crippen molar-refractivity contribution in [2.45, 2.75) is 0 Å². The SMILES string of the molecule is COc1ccccc1NC(=O)COc1ccc(Br)cc1/C=N/NC(=O)c1ccccc1. The van der Waals surface area contributed by atoms with E-state index in [0.29, 0.717) is 28.3 Å². The molecule has 3 aromatic rings. The quantitative estimate of drug-likeness (QED) is 0.372. The zero-order valence-electron chi connectivity index (χ0n) is 16.7. The number of ether oxygens (including phenoxy) is 2. The van der Waals surface area contributed by atoms with Gasteiger partial charge >= 0.3 is 0 Å². The first-order valence-corrected chi connectivity index (χ1v) is 10.1. The number of carbonyl (C=O) groups is 2. The maximum Gasteiger partial charge on any atom is 0.271 e. The Hall–Kier alpha value is -3.65. The molecule has 0 saturated carbocycles. The Morgan fingerprint density at radius 1 is 1.00 bits per heavy atom. The van der Waals surface area contributed by atoms with Gasteiger partial charge in [-0.2, -0.15) is 5.10 Å². The van der Waals surface area contributed by atoms with E-state index in [-0.39, 0.29) is 18.4 Å². The number of para-hydroxylation sites is 2. The van der Waals surface area contributed by atoms with Crippen LogP contribution in [0.4, 0.5) is 5.69 Å². The van der Waals surface area contributed by atoms with Crippen molar-refractivity contribution in [1.29, 1.82) is 0 Å². The van der Waals surface area contributed by atoms with E-state index in [0.717, 1.165) is 4.47 Å². The molecule has 0 radical (unpaired) electrons. The number of hydrazone groups is 1.